The van der Waals surface area contributed by atoms with Crippen LogP contribution < -0.4 is 26.7 Å². The van der Waals surface area contributed by atoms with Gasteiger partial charge < -0.3 is 25.5 Å². The van der Waals surface area contributed by atoms with Gasteiger partial charge in [0, 0.05) is 22.5 Å². The SMILES string of the molecule is Br.N=C(N)SCCOc1oc(=O)c2cc(NC(=O)Nc3ccccc3)ccc2c1Cl. The molecule has 0 fully saturated rings. The maximum absolute atomic E-state index is 12.3. The molecule has 0 bridgehead atoms. The molecule has 0 saturated heterocycles. The quantitative estimate of drug-likeness (QED) is 0.215. The molecule has 0 atom stereocenters. The molecule has 158 valence electrons. The number of fused-ring (bicyclic) bond motifs is 1. The molecule has 30 heavy (non-hydrogen) atoms. The summed E-state index contributed by atoms with van der Waals surface area (Å²) in [5.74, 6) is 0.308. The number of carbonyl (C=O) groups excluding carboxylic acids is 1. The number of halogens is 2. The van der Waals surface area contributed by atoms with Crippen LogP contribution in [0.4, 0.5) is 16.2 Å². The Morgan fingerprint density at radius 2 is 1.83 bits per heavy atom. The van der Waals surface area contributed by atoms with Crippen molar-refractivity contribution in [2.75, 3.05) is 23.0 Å². The van der Waals surface area contributed by atoms with Crippen LogP contribution in [0.3, 0.4) is 0 Å². The van der Waals surface area contributed by atoms with Crippen LogP contribution in [0.2, 0.25) is 5.02 Å². The third kappa shape index (κ3) is 6.15. The second kappa shape index (κ2) is 10.9. The minimum Gasteiger partial charge on any atom is -0.463 e. The summed E-state index contributed by atoms with van der Waals surface area (Å²) >= 11 is 7.39. The lowest BCUT2D eigenvalue weighted by Gasteiger charge is -2.10. The maximum atomic E-state index is 12.3. The van der Waals surface area contributed by atoms with E-state index in [9.17, 15) is 9.59 Å². The molecule has 0 aliphatic rings. The highest BCUT2D eigenvalue weighted by molar-refractivity contribution is 8.93. The monoisotopic (exact) mass is 512 g/mol. The van der Waals surface area contributed by atoms with Crippen molar-refractivity contribution in [1.82, 2.24) is 0 Å². The summed E-state index contributed by atoms with van der Waals surface area (Å²) in [4.78, 5) is 24.5. The van der Waals surface area contributed by atoms with E-state index in [1.165, 1.54) is 6.07 Å². The van der Waals surface area contributed by atoms with Gasteiger partial charge in [-0.2, -0.15) is 0 Å². The molecular formula is C19H18BrClN4O4S. The van der Waals surface area contributed by atoms with Gasteiger partial charge in [0.2, 0.25) is 0 Å². The summed E-state index contributed by atoms with van der Waals surface area (Å²) in [7, 11) is 0. The molecule has 0 radical (unpaired) electrons. The molecule has 1 aromatic heterocycles. The zero-order valence-electron chi connectivity index (χ0n) is 15.4. The number of carbonyl (C=O) groups is 1. The lowest BCUT2D eigenvalue weighted by molar-refractivity contribution is 0.248. The van der Waals surface area contributed by atoms with Crippen molar-refractivity contribution in [3.05, 3.63) is 64.0 Å². The number of nitrogens with two attached hydrogens (primary N) is 1. The minimum absolute atomic E-state index is 0. The molecule has 11 heteroatoms. The van der Waals surface area contributed by atoms with Crippen LogP contribution in [0.5, 0.6) is 5.95 Å². The van der Waals surface area contributed by atoms with Gasteiger partial charge in [0.05, 0.1) is 5.39 Å². The smallest absolute Gasteiger partial charge is 0.346 e. The van der Waals surface area contributed by atoms with E-state index in [-0.39, 0.29) is 45.1 Å². The van der Waals surface area contributed by atoms with E-state index in [2.05, 4.69) is 10.6 Å². The summed E-state index contributed by atoms with van der Waals surface area (Å²) in [5.41, 5.74) is 5.64. The number of amides is 2. The van der Waals surface area contributed by atoms with Gasteiger partial charge in [-0.05, 0) is 24.3 Å². The molecule has 0 aliphatic heterocycles. The first kappa shape index (κ1) is 23.6. The molecule has 1 heterocycles. The highest BCUT2D eigenvalue weighted by Crippen LogP contribution is 2.32. The first-order valence-corrected chi connectivity index (χ1v) is 9.79. The van der Waals surface area contributed by atoms with Crippen LogP contribution in [0, 0.1) is 5.41 Å². The summed E-state index contributed by atoms with van der Waals surface area (Å²) in [6.07, 6.45) is 0. The molecule has 8 nitrogen and oxygen atoms in total. The van der Waals surface area contributed by atoms with Crippen molar-refractivity contribution >= 4 is 73.7 Å². The third-order valence-corrected chi connectivity index (χ3v) is 4.74. The Bertz CT molecular complexity index is 1110. The molecule has 0 saturated carbocycles. The van der Waals surface area contributed by atoms with Crippen molar-refractivity contribution in [2.24, 2.45) is 5.73 Å². The van der Waals surface area contributed by atoms with Gasteiger partial charge in [0.25, 0.3) is 0 Å². The van der Waals surface area contributed by atoms with Crippen LogP contribution in [0.15, 0.2) is 57.7 Å². The van der Waals surface area contributed by atoms with Gasteiger partial charge in [0.1, 0.15) is 11.6 Å². The predicted octanol–water partition coefficient (Wildman–Crippen LogP) is 4.67. The Morgan fingerprint density at radius 1 is 1.13 bits per heavy atom. The van der Waals surface area contributed by atoms with Crippen molar-refractivity contribution in [1.29, 1.82) is 5.41 Å². The Hall–Kier alpha value is -2.69. The van der Waals surface area contributed by atoms with Gasteiger partial charge in [-0.1, -0.05) is 47.6 Å². The fourth-order valence-corrected chi connectivity index (χ4v) is 3.11. The minimum atomic E-state index is -0.647. The molecule has 3 aromatic rings. The second-order valence-corrected chi connectivity index (χ2v) is 7.27. The fraction of sp³-hybridized carbons (Fsp3) is 0.105. The Balaban J connectivity index is 0.00000320. The lowest BCUT2D eigenvalue weighted by atomic mass is 10.1. The topological polar surface area (TPSA) is 130 Å². The maximum Gasteiger partial charge on any atom is 0.346 e. The van der Waals surface area contributed by atoms with Crippen molar-refractivity contribution in [3.8, 4) is 5.95 Å². The summed E-state index contributed by atoms with van der Waals surface area (Å²) in [6, 6.07) is 13.2. The van der Waals surface area contributed by atoms with E-state index >= 15 is 0 Å². The van der Waals surface area contributed by atoms with Crippen LogP contribution in [0.1, 0.15) is 0 Å². The van der Waals surface area contributed by atoms with E-state index in [0.717, 1.165) is 11.8 Å². The number of urea groups is 1. The average Bonchev–Trinajstić information content (AvgIpc) is 2.69. The molecule has 3 rings (SSSR count). The first-order valence-electron chi connectivity index (χ1n) is 8.43. The van der Waals surface area contributed by atoms with E-state index in [1.807, 2.05) is 6.07 Å². The fourth-order valence-electron chi connectivity index (χ4n) is 2.47. The zero-order chi connectivity index (χ0) is 20.8. The molecule has 2 amide bonds. The van der Waals surface area contributed by atoms with Crippen LogP contribution >= 0.6 is 40.3 Å². The Morgan fingerprint density at radius 3 is 2.53 bits per heavy atom. The van der Waals surface area contributed by atoms with Gasteiger partial charge in [-0.25, -0.2) is 9.59 Å². The van der Waals surface area contributed by atoms with Crippen LogP contribution in [-0.4, -0.2) is 23.6 Å². The van der Waals surface area contributed by atoms with Gasteiger partial charge in [-0.3, -0.25) is 5.41 Å². The largest absolute Gasteiger partial charge is 0.463 e. The average molecular weight is 514 g/mol. The molecule has 2 aromatic carbocycles. The predicted molar refractivity (Wildman–Crippen MR) is 127 cm³/mol. The Kier molecular flexibility index (Phi) is 8.58. The van der Waals surface area contributed by atoms with E-state index < -0.39 is 11.7 Å². The Labute approximate surface area is 191 Å². The lowest BCUT2D eigenvalue weighted by Crippen LogP contribution is -2.19. The number of para-hydroxylation sites is 1. The molecule has 0 spiro atoms. The van der Waals surface area contributed by atoms with Gasteiger partial charge in [-0.15, -0.1) is 17.0 Å². The van der Waals surface area contributed by atoms with E-state index in [4.69, 9.17) is 31.9 Å². The summed E-state index contributed by atoms with van der Waals surface area (Å²) < 4.78 is 10.5. The molecule has 0 unspecified atom stereocenters. The normalized spacial score (nSPS) is 10.2. The summed E-state index contributed by atoms with van der Waals surface area (Å²) in [5, 5.41) is 13.2. The standard InChI is InChI=1S/C19H17ClN4O4S.BrH/c20-15-13-7-6-12(24-19(26)23-11-4-2-1-3-5-11)10-14(13)16(25)28-17(15)27-8-9-29-18(21)22;/h1-7,10H,8-9H2,(H3,21,22)(H2,23,24,26);1H. The number of ether oxygens (including phenoxy) is 1. The number of amidine groups is 1. The highest BCUT2D eigenvalue weighted by Gasteiger charge is 2.15. The first-order chi connectivity index (χ1) is 13.9. The second-order valence-electron chi connectivity index (χ2n) is 5.76. The van der Waals surface area contributed by atoms with Crippen LogP contribution in [-0.2, 0) is 0 Å². The molecular weight excluding hydrogens is 496 g/mol. The summed E-state index contributed by atoms with van der Waals surface area (Å²) in [6.45, 7) is 0.164. The highest BCUT2D eigenvalue weighted by atomic mass is 79.9. The van der Waals surface area contributed by atoms with E-state index in [1.54, 1.807) is 36.4 Å². The third-order valence-electron chi connectivity index (χ3n) is 3.70. The van der Waals surface area contributed by atoms with Crippen LogP contribution in [0.25, 0.3) is 10.8 Å². The molecule has 0 aliphatic carbocycles. The number of benzene rings is 2. The number of anilines is 2. The number of hydrogen-bond acceptors (Lipinski definition) is 6. The van der Waals surface area contributed by atoms with Crippen molar-refractivity contribution in [2.45, 2.75) is 0 Å². The number of rotatable bonds is 6. The molecule has 5 N–H and O–H groups in total. The number of thioether (sulfide) groups is 1. The van der Waals surface area contributed by atoms with Crippen molar-refractivity contribution < 1.29 is 13.9 Å². The van der Waals surface area contributed by atoms with Gasteiger partial charge in [0.15, 0.2) is 5.17 Å². The number of nitrogens with one attached hydrogen (secondary N) is 3. The number of hydrogen-bond donors (Lipinski definition) is 4. The van der Waals surface area contributed by atoms with Crippen molar-refractivity contribution in [3.63, 3.8) is 0 Å². The van der Waals surface area contributed by atoms with Gasteiger partial charge >= 0.3 is 17.6 Å². The zero-order valence-corrected chi connectivity index (χ0v) is 18.7. The van der Waals surface area contributed by atoms with E-state index in [0.29, 0.717) is 22.5 Å².